The van der Waals surface area contributed by atoms with E-state index in [-0.39, 0.29) is 11.1 Å². The summed E-state index contributed by atoms with van der Waals surface area (Å²) in [6.45, 7) is 4.19. The van der Waals surface area contributed by atoms with Crippen molar-refractivity contribution in [3.05, 3.63) is 35.6 Å². The van der Waals surface area contributed by atoms with Gasteiger partial charge in [-0.3, -0.25) is 0 Å². The van der Waals surface area contributed by atoms with E-state index in [1.165, 1.54) is 12.1 Å². The molecule has 18 heavy (non-hydrogen) atoms. The molecule has 2 nitrogen and oxygen atoms in total. The predicted molar refractivity (Wildman–Crippen MR) is 77.0 cm³/mol. The summed E-state index contributed by atoms with van der Waals surface area (Å²) in [6, 6.07) is 6.61. The number of nitrogens with zero attached hydrogens (tertiary/aromatic N) is 2. The lowest BCUT2D eigenvalue weighted by Gasteiger charge is -2.08. The van der Waals surface area contributed by atoms with Crippen molar-refractivity contribution in [2.24, 2.45) is 0 Å². The molecule has 0 N–H and O–H groups in total. The Morgan fingerprint density at radius 2 is 1.89 bits per heavy atom. The monoisotopic (exact) mass is 300 g/mol. The van der Waals surface area contributed by atoms with Crippen molar-refractivity contribution in [3.8, 4) is 0 Å². The van der Waals surface area contributed by atoms with E-state index in [1.54, 1.807) is 34.9 Å². The lowest BCUT2D eigenvalue weighted by atomic mass is 10.2. The summed E-state index contributed by atoms with van der Waals surface area (Å²) >= 11 is 4.97. The van der Waals surface area contributed by atoms with Gasteiger partial charge in [-0.1, -0.05) is 53.9 Å². The van der Waals surface area contributed by atoms with Crippen molar-refractivity contribution < 1.29 is 4.39 Å². The second-order valence-electron chi connectivity index (χ2n) is 3.58. The van der Waals surface area contributed by atoms with Crippen molar-refractivity contribution in [2.75, 3.05) is 5.75 Å². The molecule has 2 rings (SSSR count). The first-order valence-corrected chi connectivity index (χ1v) is 8.25. The first kappa shape index (κ1) is 13.8. The van der Waals surface area contributed by atoms with Crippen molar-refractivity contribution in [1.82, 2.24) is 10.2 Å². The zero-order valence-electron chi connectivity index (χ0n) is 10.1. The third-order valence-corrected chi connectivity index (χ3v) is 5.45. The van der Waals surface area contributed by atoms with E-state index in [2.05, 4.69) is 24.0 Å². The van der Waals surface area contributed by atoms with E-state index in [4.69, 9.17) is 0 Å². The van der Waals surface area contributed by atoms with E-state index >= 15 is 0 Å². The minimum Gasteiger partial charge on any atom is -0.207 e. The fourth-order valence-corrected chi connectivity index (χ4v) is 4.57. The average Bonchev–Trinajstić information content (AvgIpc) is 2.78. The summed E-state index contributed by atoms with van der Waals surface area (Å²) in [5.41, 5.74) is 1.10. The fourth-order valence-electron chi connectivity index (χ4n) is 1.38. The Hall–Kier alpha value is -0.590. The highest BCUT2D eigenvalue weighted by Crippen LogP contribution is 2.37. The molecule has 0 aliphatic heterocycles. The quantitative estimate of drug-likeness (QED) is 0.751. The second-order valence-corrected chi connectivity index (χ2v) is 7.66. The first-order valence-electron chi connectivity index (χ1n) is 5.57. The van der Waals surface area contributed by atoms with E-state index in [1.807, 2.05) is 12.1 Å². The van der Waals surface area contributed by atoms with Crippen LogP contribution in [-0.2, 0) is 0 Å². The minimum atomic E-state index is -0.200. The summed E-state index contributed by atoms with van der Waals surface area (Å²) in [6.07, 6.45) is 0. The number of hydrogen-bond donors (Lipinski definition) is 0. The molecule has 0 aliphatic rings. The minimum absolute atomic E-state index is 0.200. The van der Waals surface area contributed by atoms with Gasteiger partial charge in [0.15, 0.2) is 8.68 Å². The topological polar surface area (TPSA) is 25.8 Å². The third kappa shape index (κ3) is 3.70. The summed E-state index contributed by atoms with van der Waals surface area (Å²) < 4.78 is 14.8. The van der Waals surface area contributed by atoms with E-state index in [9.17, 15) is 4.39 Å². The molecule has 0 aliphatic carbocycles. The smallest absolute Gasteiger partial charge is 0.175 e. The van der Waals surface area contributed by atoms with Crippen molar-refractivity contribution >= 4 is 34.9 Å². The molecular weight excluding hydrogens is 287 g/mol. The van der Waals surface area contributed by atoms with Crippen molar-refractivity contribution in [3.63, 3.8) is 0 Å². The Labute approximate surface area is 118 Å². The highest BCUT2D eigenvalue weighted by molar-refractivity contribution is 8.03. The molecule has 0 saturated heterocycles. The zero-order chi connectivity index (χ0) is 13.0. The molecule has 0 unspecified atom stereocenters. The van der Waals surface area contributed by atoms with Crippen molar-refractivity contribution in [2.45, 2.75) is 27.8 Å². The van der Waals surface area contributed by atoms with Crippen LogP contribution in [-0.4, -0.2) is 16.0 Å². The summed E-state index contributed by atoms with van der Waals surface area (Å²) in [5.74, 6) is 0.806. The van der Waals surface area contributed by atoms with Crippen LogP contribution in [0.5, 0.6) is 0 Å². The van der Waals surface area contributed by atoms with Gasteiger partial charge >= 0.3 is 0 Å². The maximum atomic E-state index is 12.8. The van der Waals surface area contributed by atoms with Crippen LogP contribution in [0.4, 0.5) is 4.39 Å². The molecule has 1 atom stereocenters. The number of aromatic nitrogens is 2. The molecule has 0 fully saturated rings. The number of hydrogen-bond acceptors (Lipinski definition) is 5. The second kappa shape index (κ2) is 6.54. The standard InChI is InChI=1S/C12H13FN2S3/c1-3-16-11-14-15-12(18-11)17-8(2)9-4-6-10(13)7-5-9/h4-8H,3H2,1-2H3/t8-/m1/s1. The SMILES string of the molecule is CCSc1nnc(S[C@H](C)c2ccc(F)cc2)s1. The van der Waals surface area contributed by atoms with E-state index in [0.717, 1.165) is 20.0 Å². The van der Waals surface area contributed by atoms with Gasteiger partial charge in [-0.2, -0.15) is 0 Å². The van der Waals surface area contributed by atoms with Crippen molar-refractivity contribution in [1.29, 1.82) is 0 Å². The molecule has 1 aromatic carbocycles. The molecule has 2 aromatic rings. The highest BCUT2D eigenvalue weighted by Gasteiger charge is 2.11. The Morgan fingerprint density at radius 3 is 2.56 bits per heavy atom. The summed E-state index contributed by atoms with van der Waals surface area (Å²) in [7, 11) is 0. The lowest BCUT2D eigenvalue weighted by molar-refractivity contribution is 0.627. The van der Waals surface area contributed by atoms with Gasteiger partial charge in [0.05, 0.1) is 0 Å². The number of rotatable bonds is 5. The van der Waals surface area contributed by atoms with Crippen LogP contribution < -0.4 is 0 Å². The van der Waals surface area contributed by atoms with Gasteiger partial charge in [-0.05, 0) is 30.4 Å². The summed E-state index contributed by atoms with van der Waals surface area (Å²) in [4.78, 5) is 0. The predicted octanol–water partition coefficient (Wildman–Crippen LogP) is 4.64. The molecule has 0 spiro atoms. The fraction of sp³-hybridized carbons (Fsp3) is 0.333. The molecular formula is C12H13FN2S3. The molecule has 6 heteroatoms. The van der Waals surface area contributed by atoms with Gasteiger partial charge in [-0.15, -0.1) is 10.2 Å². The van der Waals surface area contributed by atoms with Gasteiger partial charge in [0.25, 0.3) is 0 Å². The van der Waals surface area contributed by atoms with Crippen LogP contribution in [0.3, 0.4) is 0 Å². The maximum Gasteiger partial charge on any atom is 0.175 e. The molecule has 0 amide bonds. The highest BCUT2D eigenvalue weighted by atomic mass is 32.2. The number of benzene rings is 1. The first-order chi connectivity index (χ1) is 8.69. The molecule has 96 valence electrons. The molecule has 1 heterocycles. The maximum absolute atomic E-state index is 12.8. The van der Waals surface area contributed by atoms with Crippen LogP contribution in [0.25, 0.3) is 0 Å². The van der Waals surface area contributed by atoms with Crippen LogP contribution >= 0.6 is 34.9 Å². The molecule has 0 radical (unpaired) electrons. The van der Waals surface area contributed by atoms with E-state index in [0.29, 0.717) is 0 Å². The Kier molecular flexibility index (Phi) is 5.03. The molecule has 1 aromatic heterocycles. The largest absolute Gasteiger partial charge is 0.207 e. The lowest BCUT2D eigenvalue weighted by Crippen LogP contribution is -1.88. The van der Waals surface area contributed by atoms with Crippen LogP contribution in [0.2, 0.25) is 0 Å². The molecule has 0 bridgehead atoms. The summed E-state index contributed by atoms with van der Waals surface area (Å²) in [5, 5.41) is 8.52. The number of thioether (sulfide) groups is 2. The van der Waals surface area contributed by atoms with Gasteiger partial charge < -0.3 is 0 Å². The number of halogens is 1. The van der Waals surface area contributed by atoms with Gasteiger partial charge in [0.1, 0.15) is 5.82 Å². The van der Waals surface area contributed by atoms with Crippen LogP contribution in [0.15, 0.2) is 32.9 Å². The normalized spacial score (nSPS) is 12.6. The van der Waals surface area contributed by atoms with Gasteiger partial charge in [0, 0.05) is 5.25 Å². The average molecular weight is 300 g/mol. The molecule has 0 saturated carbocycles. The Bertz CT molecular complexity index is 498. The zero-order valence-corrected chi connectivity index (χ0v) is 12.5. The Balaban J connectivity index is 2.01. The van der Waals surface area contributed by atoms with E-state index < -0.39 is 0 Å². The Morgan fingerprint density at radius 1 is 1.22 bits per heavy atom. The van der Waals surface area contributed by atoms with Crippen LogP contribution in [0, 0.1) is 5.82 Å². The van der Waals surface area contributed by atoms with Gasteiger partial charge in [-0.25, -0.2) is 4.39 Å². The third-order valence-electron chi connectivity index (χ3n) is 2.27. The van der Waals surface area contributed by atoms with Gasteiger partial charge in [0.2, 0.25) is 0 Å². The van der Waals surface area contributed by atoms with Crippen LogP contribution in [0.1, 0.15) is 24.7 Å².